The topological polar surface area (TPSA) is 106 Å². The summed E-state index contributed by atoms with van der Waals surface area (Å²) < 4.78 is 16.4. The highest BCUT2D eigenvalue weighted by atomic mass is 16.7. The summed E-state index contributed by atoms with van der Waals surface area (Å²) in [5.74, 6) is 0.461. The van der Waals surface area contributed by atoms with Crippen molar-refractivity contribution in [3.8, 4) is 17.2 Å². The van der Waals surface area contributed by atoms with E-state index in [2.05, 4.69) is 10.6 Å². The number of rotatable bonds is 6. The van der Waals surface area contributed by atoms with Gasteiger partial charge in [-0.25, -0.2) is 9.69 Å². The van der Waals surface area contributed by atoms with Gasteiger partial charge < -0.3 is 24.8 Å². The highest BCUT2D eigenvalue weighted by Crippen LogP contribution is 2.39. The molecule has 0 atom stereocenters. The molecule has 1 fully saturated rings. The number of hydrogen-bond acceptors (Lipinski definition) is 6. The maximum Gasteiger partial charge on any atom is 0.329 e. The molecule has 2 aliphatic heterocycles. The van der Waals surface area contributed by atoms with E-state index < -0.39 is 24.4 Å². The molecular formula is C22H21N3O6. The Hall–Kier alpha value is -4.01. The summed E-state index contributed by atoms with van der Waals surface area (Å²) in [6.45, 7) is 3.78. The van der Waals surface area contributed by atoms with Crippen LogP contribution in [-0.4, -0.2) is 42.7 Å². The average molecular weight is 423 g/mol. The molecule has 160 valence electrons. The standard InChI is InChI=1S/C22H21N3O6/c1-3-29-17-10-19-18(30-12-31-19)9-14(17)8-16-21(27)25(22(28)24-16)11-20(26)23-15-7-5-4-6-13(15)2/h4-10H,3,11-12H2,1-2H3,(H,23,26)(H,24,28)/b16-8-. The molecule has 4 rings (SSSR count). The van der Waals surface area contributed by atoms with Crippen LogP contribution in [0.3, 0.4) is 0 Å². The molecule has 2 heterocycles. The largest absolute Gasteiger partial charge is 0.493 e. The first kappa shape index (κ1) is 20.3. The van der Waals surface area contributed by atoms with Gasteiger partial charge in [0.2, 0.25) is 12.7 Å². The number of nitrogens with zero attached hydrogens (tertiary/aromatic N) is 1. The quantitative estimate of drug-likeness (QED) is 0.547. The summed E-state index contributed by atoms with van der Waals surface area (Å²) in [7, 11) is 0. The van der Waals surface area contributed by atoms with Crippen LogP contribution >= 0.6 is 0 Å². The van der Waals surface area contributed by atoms with Crippen molar-refractivity contribution in [1.82, 2.24) is 10.2 Å². The van der Waals surface area contributed by atoms with Gasteiger partial charge in [-0.2, -0.15) is 0 Å². The van der Waals surface area contributed by atoms with Gasteiger partial charge in [0.05, 0.1) is 6.61 Å². The molecule has 9 heteroatoms. The second kappa shape index (κ2) is 8.39. The van der Waals surface area contributed by atoms with Crippen LogP contribution in [0.25, 0.3) is 6.08 Å². The van der Waals surface area contributed by atoms with E-state index >= 15 is 0 Å². The van der Waals surface area contributed by atoms with Gasteiger partial charge in [-0.1, -0.05) is 18.2 Å². The zero-order valence-electron chi connectivity index (χ0n) is 17.1. The first-order valence-electron chi connectivity index (χ1n) is 9.72. The molecule has 9 nitrogen and oxygen atoms in total. The lowest BCUT2D eigenvalue weighted by molar-refractivity contribution is -0.127. The molecule has 2 aromatic carbocycles. The predicted octanol–water partition coefficient (Wildman–Crippen LogP) is 2.65. The number of imide groups is 1. The highest BCUT2D eigenvalue weighted by molar-refractivity contribution is 6.16. The van der Waals surface area contributed by atoms with E-state index in [4.69, 9.17) is 14.2 Å². The molecule has 0 unspecified atom stereocenters. The zero-order valence-corrected chi connectivity index (χ0v) is 17.1. The van der Waals surface area contributed by atoms with Crippen molar-refractivity contribution < 1.29 is 28.6 Å². The maximum absolute atomic E-state index is 12.8. The number of nitrogens with one attached hydrogen (secondary N) is 2. The molecule has 0 aliphatic carbocycles. The minimum atomic E-state index is -0.671. The smallest absolute Gasteiger partial charge is 0.329 e. The van der Waals surface area contributed by atoms with Crippen LogP contribution < -0.4 is 24.8 Å². The van der Waals surface area contributed by atoms with Crippen LogP contribution in [0, 0.1) is 6.92 Å². The van der Waals surface area contributed by atoms with Crippen LogP contribution in [0.1, 0.15) is 18.1 Å². The number of para-hydroxylation sites is 1. The molecule has 0 radical (unpaired) electrons. The zero-order chi connectivity index (χ0) is 22.0. The lowest BCUT2D eigenvalue weighted by Gasteiger charge is -2.13. The summed E-state index contributed by atoms with van der Waals surface area (Å²) >= 11 is 0. The van der Waals surface area contributed by atoms with Crippen LogP contribution in [0.15, 0.2) is 42.1 Å². The van der Waals surface area contributed by atoms with E-state index in [1.807, 2.05) is 26.0 Å². The Morgan fingerprint density at radius 3 is 2.71 bits per heavy atom. The molecule has 2 aromatic rings. The SMILES string of the molecule is CCOc1cc2c(cc1/C=C1\NC(=O)N(CC(=O)Nc3ccccc3C)C1=O)OCO2. The van der Waals surface area contributed by atoms with Gasteiger partial charge in [-0.3, -0.25) is 9.59 Å². The Morgan fingerprint density at radius 2 is 1.97 bits per heavy atom. The molecule has 2 aliphatic rings. The number of fused-ring (bicyclic) bond motifs is 1. The van der Waals surface area contributed by atoms with Crippen LogP contribution in [0.5, 0.6) is 17.2 Å². The third kappa shape index (κ3) is 4.16. The third-order valence-corrected chi connectivity index (χ3v) is 4.79. The monoisotopic (exact) mass is 423 g/mol. The van der Waals surface area contributed by atoms with E-state index in [9.17, 15) is 14.4 Å². The van der Waals surface area contributed by atoms with Crippen molar-refractivity contribution in [2.45, 2.75) is 13.8 Å². The van der Waals surface area contributed by atoms with E-state index in [0.717, 1.165) is 10.5 Å². The number of carbonyl (C=O) groups is 3. The molecule has 0 bridgehead atoms. The number of anilines is 1. The Kier molecular flexibility index (Phi) is 5.48. The predicted molar refractivity (Wildman–Crippen MR) is 112 cm³/mol. The first-order chi connectivity index (χ1) is 15.0. The Bertz CT molecular complexity index is 1090. The van der Waals surface area contributed by atoms with E-state index in [1.54, 1.807) is 24.3 Å². The number of carbonyl (C=O) groups excluding carboxylic acids is 3. The molecule has 1 saturated heterocycles. The van der Waals surface area contributed by atoms with Gasteiger partial charge in [0.25, 0.3) is 5.91 Å². The lowest BCUT2D eigenvalue weighted by atomic mass is 10.1. The number of urea groups is 1. The second-order valence-electron chi connectivity index (χ2n) is 6.92. The number of ether oxygens (including phenoxy) is 3. The first-order valence-corrected chi connectivity index (χ1v) is 9.72. The number of amides is 4. The van der Waals surface area contributed by atoms with E-state index in [-0.39, 0.29) is 12.5 Å². The van der Waals surface area contributed by atoms with Crippen molar-refractivity contribution in [1.29, 1.82) is 0 Å². The minimum Gasteiger partial charge on any atom is -0.493 e. The summed E-state index contributed by atoms with van der Waals surface area (Å²) in [5.41, 5.74) is 2.08. The van der Waals surface area contributed by atoms with Crippen molar-refractivity contribution in [3.05, 3.63) is 53.2 Å². The molecule has 0 spiro atoms. The van der Waals surface area contributed by atoms with Crippen molar-refractivity contribution in [3.63, 3.8) is 0 Å². The number of benzene rings is 2. The fraction of sp³-hybridized carbons (Fsp3) is 0.227. The Balaban J connectivity index is 1.52. The summed E-state index contributed by atoms with van der Waals surface area (Å²) in [6.07, 6.45) is 1.49. The van der Waals surface area contributed by atoms with Crippen molar-refractivity contribution in [2.24, 2.45) is 0 Å². The highest BCUT2D eigenvalue weighted by Gasteiger charge is 2.35. The molecule has 0 saturated carbocycles. The van der Waals surface area contributed by atoms with Crippen LogP contribution in [-0.2, 0) is 9.59 Å². The normalized spacial score (nSPS) is 15.9. The second-order valence-corrected chi connectivity index (χ2v) is 6.92. The van der Waals surface area contributed by atoms with Gasteiger partial charge in [-0.05, 0) is 37.6 Å². The van der Waals surface area contributed by atoms with Crippen molar-refractivity contribution >= 4 is 29.6 Å². The molecule has 31 heavy (non-hydrogen) atoms. The van der Waals surface area contributed by atoms with E-state index in [0.29, 0.717) is 35.1 Å². The van der Waals surface area contributed by atoms with Gasteiger partial charge in [-0.15, -0.1) is 0 Å². The van der Waals surface area contributed by atoms with Crippen LogP contribution in [0.4, 0.5) is 10.5 Å². The fourth-order valence-corrected chi connectivity index (χ4v) is 3.25. The Labute approximate surface area is 178 Å². The van der Waals surface area contributed by atoms with Crippen molar-refractivity contribution in [2.75, 3.05) is 25.3 Å². The van der Waals surface area contributed by atoms with Gasteiger partial charge in [0.15, 0.2) is 11.5 Å². The van der Waals surface area contributed by atoms with Gasteiger partial charge >= 0.3 is 6.03 Å². The minimum absolute atomic E-state index is 0.0357. The molecule has 2 N–H and O–H groups in total. The number of aryl methyl sites for hydroxylation is 1. The number of hydrogen-bond donors (Lipinski definition) is 2. The lowest BCUT2D eigenvalue weighted by Crippen LogP contribution is -2.38. The van der Waals surface area contributed by atoms with Gasteiger partial charge in [0.1, 0.15) is 18.0 Å². The maximum atomic E-state index is 12.8. The summed E-state index contributed by atoms with van der Waals surface area (Å²) in [4.78, 5) is 38.4. The molecular weight excluding hydrogens is 402 g/mol. The average Bonchev–Trinajstić information content (AvgIpc) is 3.29. The van der Waals surface area contributed by atoms with E-state index in [1.165, 1.54) is 6.08 Å². The molecule has 4 amide bonds. The van der Waals surface area contributed by atoms with Gasteiger partial charge in [0, 0.05) is 17.3 Å². The third-order valence-electron chi connectivity index (χ3n) is 4.79. The Morgan fingerprint density at radius 1 is 1.23 bits per heavy atom. The van der Waals surface area contributed by atoms with Crippen LogP contribution in [0.2, 0.25) is 0 Å². The fourth-order valence-electron chi connectivity index (χ4n) is 3.25. The summed E-state index contributed by atoms with van der Waals surface area (Å²) in [6, 6.07) is 9.92. The summed E-state index contributed by atoms with van der Waals surface area (Å²) in [5, 5.41) is 5.22. The molecule has 0 aromatic heterocycles.